The molecule has 0 aliphatic heterocycles. The van der Waals surface area contributed by atoms with Crippen LogP contribution >= 0.6 is 0 Å². The number of hydrogen-bond acceptors (Lipinski definition) is 4. The van der Waals surface area contributed by atoms with Crippen LogP contribution in [-0.4, -0.2) is 32.8 Å². The van der Waals surface area contributed by atoms with Gasteiger partial charge >= 0.3 is 132 Å². The summed E-state index contributed by atoms with van der Waals surface area (Å²) in [5.74, 6) is 8.13. The number of imidazole rings is 1. The molecule has 1 radical (unpaired) electrons. The molecule has 0 atom stereocenters. The first-order valence-electron chi connectivity index (χ1n) is 17.2. The maximum absolute atomic E-state index is 6.21. The van der Waals surface area contributed by atoms with E-state index in [-0.39, 0.29) is 20.1 Å². The average Bonchev–Trinajstić information content (AvgIpc) is 3.66. The first-order valence-corrected chi connectivity index (χ1v) is 24.5. The van der Waals surface area contributed by atoms with Gasteiger partial charge in [0.05, 0.1) is 22.4 Å². The van der Waals surface area contributed by atoms with Gasteiger partial charge in [-0.3, -0.25) is 4.98 Å². The van der Waals surface area contributed by atoms with E-state index in [9.17, 15) is 0 Å². The van der Waals surface area contributed by atoms with E-state index in [0.29, 0.717) is 11.1 Å². The van der Waals surface area contributed by atoms with Crippen LogP contribution in [0.1, 0.15) is 32.0 Å². The number of rotatable bonds is 5. The molecule has 0 saturated heterocycles. The van der Waals surface area contributed by atoms with Crippen molar-refractivity contribution >= 4 is 50.8 Å². The van der Waals surface area contributed by atoms with Gasteiger partial charge in [0.25, 0.3) is 0 Å². The Balaban J connectivity index is 0.000000182. The molecule has 0 saturated carbocycles. The summed E-state index contributed by atoms with van der Waals surface area (Å²) in [6.45, 7) is 8.89. The van der Waals surface area contributed by atoms with Crippen molar-refractivity contribution in [2.45, 2.75) is 51.4 Å². The van der Waals surface area contributed by atoms with Crippen LogP contribution in [0.4, 0.5) is 0 Å². The minimum Gasteiger partial charge on any atom is -0.486 e. The quantitative estimate of drug-likeness (QED) is 0.128. The molecule has 4 aromatic heterocycles. The number of aromatic nitrogens is 4. The Bertz CT molecular complexity index is 2440. The van der Waals surface area contributed by atoms with E-state index < -0.39 is 13.3 Å². The van der Waals surface area contributed by atoms with E-state index in [1.54, 1.807) is 0 Å². The molecule has 51 heavy (non-hydrogen) atoms. The number of fused-ring (bicyclic) bond motifs is 4. The van der Waals surface area contributed by atoms with E-state index in [0.717, 1.165) is 67.8 Å². The van der Waals surface area contributed by atoms with Gasteiger partial charge in [0.2, 0.25) is 5.71 Å². The van der Waals surface area contributed by atoms with Crippen LogP contribution in [0, 0.1) is 24.5 Å². The van der Waals surface area contributed by atoms with Crippen LogP contribution in [0.2, 0.25) is 17.3 Å². The van der Waals surface area contributed by atoms with Gasteiger partial charge in [-0.05, 0) is 43.3 Å². The second kappa shape index (κ2) is 14.7. The van der Waals surface area contributed by atoms with Crippen molar-refractivity contribution in [1.82, 2.24) is 19.5 Å². The molecule has 7 heteroatoms. The summed E-state index contributed by atoms with van der Waals surface area (Å²) in [7, 11) is 0. The van der Waals surface area contributed by atoms with Gasteiger partial charge in [-0.15, -0.1) is 18.2 Å². The molecule has 4 heterocycles. The molecule has 0 fully saturated rings. The predicted molar refractivity (Wildman–Crippen MR) is 210 cm³/mol. The van der Waals surface area contributed by atoms with Crippen molar-refractivity contribution in [3.63, 3.8) is 0 Å². The molecule has 259 valence electrons. The summed E-state index contributed by atoms with van der Waals surface area (Å²) in [6, 6.07) is 43.5. The van der Waals surface area contributed by atoms with Gasteiger partial charge in [0, 0.05) is 36.9 Å². The van der Waals surface area contributed by atoms with Crippen molar-refractivity contribution < 1.29 is 24.5 Å². The number of aryl methyl sites for hydroxylation is 1. The van der Waals surface area contributed by atoms with Crippen molar-refractivity contribution in [3.8, 4) is 28.3 Å². The minimum absolute atomic E-state index is 0. The fraction of sp³-hybridized carbons (Fsp3) is 0.205. The zero-order valence-corrected chi connectivity index (χ0v) is 34.7. The molecule has 8 rings (SSSR count). The van der Waals surface area contributed by atoms with Crippen LogP contribution in [0.15, 0.2) is 120 Å². The molecule has 0 aliphatic rings. The summed E-state index contributed by atoms with van der Waals surface area (Å²) in [5.41, 5.74) is 10.1. The topological polar surface area (TPSA) is 56.7 Å². The Kier molecular flexibility index (Phi) is 10.5. The van der Waals surface area contributed by atoms with Crippen molar-refractivity contribution in [2.75, 3.05) is 0 Å². The largest absolute Gasteiger partial charge is 0.486 e. The van der Waals surface area contributed by atoms with Gasteiger partial charge in [0.1, 0.15) is 0 Å². The van der Waals surface area contributed by atoms with Crippen LogP contribution < -0.4 is 4.40 Å². The summed E-state index contributed by atoms with van der Waals surface area (Å²) >= 11 is -1.90. The van der Waals surface area contributed by atoms with Gasteiger partial charge in [-0.1, -0.05) is 41.3 Å². The van der Waals surface area contributed by atoms with Gasteiger partial charge in [-0.25, -0.2) is 4.98 Å². The third kappa shape index (κ3) is 7.79. The van der Waals surface area contributed by atoms with Crippen LogP contribution in [0.25, 0.3) is 61.4 Å². The first-order chi connectivity index (χ1) is 24.0. The Labute approximate surface area is 316 Å². The molecular formula is C44H42GeIrN4O-2. The molecule has 0 amide bonds. The standard InChI is InChI=1S/C25H16N3O.C19H26GeN.Ir/c1-16-14-15-19-18-10-7-11-20(23(18)29-25(19)26-16)24-27-21-12-5-6-13-22(21)28(24)17-8-3-2-4-9-17;1-19(2,3)13-16-12-18(15-10-8-7-9-11-15)21-14-17(16)20(4,5)6;/h2-10,12-15H,1H3;7-10,12,14H,13H2,1-6H3;/q2*-1;. The SMILES string of the molecule is CC(C)(C)Cc1cc(-c2[c-]cccc2)nc[c]1[Ge]([CH3])([CH3])[CH3].Cc1ccc2c(n1)oc1c(-c3nc4ccccc4n3-c3ccccc3)[c-]ccc12.[Ir]. The van der Waals surface area contributed by atoms with Crippen molar-refractivity contribution in [1.29, 1.82) is 0 Å². The number of hydrogen-bond donors (Lipinski definition) is 0. The number of pyridine rings is 2. The maximum atomic E-state index is 6.21. The Morgan fingerprint density at radius 3 is 2.25 bits per heavy atom. The van der Waals surface area contributed by atoms with E-state index in [1.165, 1.54) is 9.96 Å². The fourth-order valence-corrected chi connectivity index (χ4v) is 9.81. The van der Waals surface area contributed by atoms with E-state index >= 15 is 0 Å². The molecule has 0 bridgehead atoms. The summed E-state index contributed by atoms with van der Waals surface area (Å²) in [6.07, 6.45) is 3.24. The third-order valence-electron chi connectivity index (χ3n) is 8.74. The molecular weight excluding hydrogens is 865 g/mol. The summed E-state index contributed by atoms with van der Waals surface area (Å²) in [4.78, 5) is 14.2. The molecule has 0 N–H and O–H groups in total. The molecule has 0 unspecified atom stereocenters. The van der Waals surface area contributed by atoms with Gasteiger partial charge in [-0.2, -0.15) is 0 Å². The molecule has 4 aromatic carbocycles. The molecule has 0 spiro atoms. The zero-order chi connectivity index (χ0) is 35.0. The molecule has 8 aromatic rings. The maximum Gasteiger partial charge on any atom is 0.216 e. The van der Waals surface area contributed by atoms with E-state index in [1.807, 2.05) is 79.7 Å². The number of benzene rings is 4. The predicted octanol–water partition coefficient (Wildman–Crippen LogP) is 10.8. The van der Waals surface area contributed by atoms with Crippen molar-refractivity contribution in [2.24, 2.45) is 5.41 Å². The number of nitrogens with zero attached hydrogens (tertiary/aromatic N) is 4. The number of para-hydroxylation sites is 3. The fourth-order valence-electron chi connectivity index (χ4n) is 6.50. The third-order valence-corrected chi connectivity index (χ3v) is 13.1. The van der Waals surface area contributed by atoms with Crippen LogP contribution in [-0.2, 0) is 26.5 Å². The van der Waals surface area contributed by atoms with E-state index in [4.69, 9.17) is 14.4 Å². The normalized spacial score (nSPS) is 11.7. The average molecular weight is 908 g/mol. The smallest absolute Gasteiger partial charge is 0.216 e. The van der Waals surface area contributed by atoms with Crippen LogP contribution in [0.3, 0.4) is 0 Å². The zero-order valence-electron chi connectivity index (χ0n) is 30.2. The van der Waals surface area contributed by atoms with Gasteiger partial charge in [0.15, 0.2) is 0 Å². The number of furan rings is 1. The van der Waals surface area contributed by atoms with Gasteiger partial charge < -0.3 is 8.98 Å². The first kappa shape index (κ1) is 36.4. The minimum atomic E-state index is -1.90. The second-order valence-electron chi connectivity index (χ2n) is 15.1. The summed E-state index contributed by atoms with van der Waals surface area (Å²) < 4.78 is 9.90. The van der Waals surface area contributed by atoms with Crippen molar-refractivity contribution in [3.05, 3.63) is 139 Å². The molecule has 0 aliphatic carbocycles. The van der Waals surface area contributed by atoms with E-state index in [2.05, 4.69) is 102 Å². The monoisotopic (exact) mass is 909 g/mol. The summed E-state index contributed by atoms with van der Waals surface area (Å²) in [5, 5.41) is 2.02. The van der Waals surface area contributed by atoms with Crippen LogP contribution in [0.5, 0.6) is 0 Å². The Hall–Kier alpha value is -4.36. The second-order valence-corrected chi connectivity index (χ2v) is 25.7. The molecule has 5 nitrogen and oxygen atoms in total. The Morgan fingerprint density at radius 2 is 1.53 bits per heavy atom. The Morgan fingerprint density at radius 1 is 0.784 bits per heavy atom.